The minimum atomic E-state index is -0.934. The number of carbonyl (C=O) groups excluding carboxylic acids is 1. The highest BCUT2D eigenvalue weighted by Gasteiger charge is 2.18. The van der Waals surface area contributed by atoms with Gasteiger partial charge in [-0.2, -0.15) is 0 Å². The molecular weight excluding hydrogens is 496 g/mol. The number of fused-ring (bicyclic) bond motifs is 1. The summed E-state index contributed by atoms with van der Waals surface area (Å²) in [6.07, 6.45) is 3.44. The van der Waals surface area contributed by atoms with Crippen LogP contribution >= 0.6 is 0 Å². The van der Waals surface area contributed by atoms with Crippen molar-refractivity contribution < 1.29 is 14.7 Å². The van der Waals surface area contributed by atoms with Crippen molar-refractivity contribution in [2.75, 3.05) is 0 Å². The number of carboxylic acids is 1. The summed E-state index contributed by atoms with van der Waals surface area (Å²) in [5, 5.41) is 13.9. The molecule has 202 valence electrons. The topological polar surface area (TPSA) is 82.2 Å². The maximum atomic E-state index is 13.3. The van der Waals surface area contributed by atoms with Crippen molar-refractivity contribution in [1.29, 1.82) is 0 Å². The van der Waals surface area contributed by atoms with Gasteiger partial charge in [-0.3, -0.25) is 4.79 Å². The van der Waals surface area contributed by atoms with Crippen LogP contribution < -0.4 is 5.32 Å². The summed E-state index contributed by atoms with van der Waals surface area (Å²) in [4.78, 5) is 28.6. The van der Waals surface area contributed by atoms with Gasteiger partial charge in [-0.25, -0.2) is 4.79 Å². The minimum absolute atomic E-state index is 0.0458. The van der Waals surface area contributed by atoms with Gasteiger partial charge >= 0.3 is 5.97 Å². The highest BCUT2D eigenvalue weighted by molar-refractivity contribution is 5.99. The first-order valence-corrected chi connectivity index (χ1v) is 13.9. The molecule has 0 saturated heterocycles. The fourth-order valence-electron chi connectivity index (χ4n) is 5.39. The molecule has 1 amide bonds. The summed E-state index contributed by atoms with van der Waals surface area (Å²) in [5.74, 6) is -1.01. The molecule has 4 aromatic carbocycles. The number of hydrogen-bond donors (Lipinski definition) is 3. The Kier molecular flexibility index (Phi) is 8.11. The second kappa shape index (κ2) is 12.0. The van der Waals surface area contributed by atoms with Gasteiger partial charge in [-0.1, -0.05) is 93.1 Å². The lowest BCUT2D eigenvalue weighted by Crippen LogP contribution is -2.28. The molecule has 0 fully saturated rings. The fourth-order valence-corrected chi connectivity index (χ4v) is 5.39. The number of rotatable bonds is 10. The number of aromatic carboxylic acids is 1. The Balaban J connectivity index is 1.44. The third kappa shape index (κ3) is 5.69. The lowest BCUT2D eigenvalue weighted by molar-refractivity contribution is 0.0697. The van der Waals surface area contributed by atoms with Crippen LogP contribution in [0.1, 0.15) is 75.8 Å². The van der Waals surface area contributed by atoms with E-state index in [0.29, 0.717) is 23.1 Å². The highest BCUT2D eigenvalue weighted by atomic mass is 16.4. The Morgan fingerprint density at radius 1 is 0.875 bits per heavy atom. The number of carboxylic acid groups (broad SMARTS) is 1. The molecule has 1 aromatic heterocycles. The number of carbonyl (C=O) groups is 2. The predicted octanol–water partition coefficient (Wildman–Crippen LogP) is 7.96. The van der Waals surface area contributed by atoms with Crippen LogP contribution in [0.2, 0.25) is 0 Å². The number of aryl methyl sites for hydroxylation is 1. The zero-order valence-corrected chi connectivity index (χ0v) is 22.9. The van der Waals surface area contributed by atoms with Crippen molar-refractivity contribution in [3.63, 3.8) is 0 Å². The molecule has 1 heterocycles. The minimum Gasteiger partial charge on any atom is -0.478 e. The van der Waals surface area contributed by atoms with E-state index in [9.17, 15) is 14.7 Å². The quantitative estimate of drug-likeness (QED) is 0.171. The summed E-state index contributed by atoms with van der Waals surface area (Å²) in [7, 11) is 0. The number of amides is 1. The number of aromatic amines is 1. The van der Waals surface area contributed by atoms with Gasteiger partial charge in [-0.15, -0.1) is 0 Å². The van der Waals surface area contributed by atoms with E-state index < -0.39 is 5.97 Å². The molecule has 5 heteroatoms. The molecule has 1 atom stereocenters. The van der Waals surface area contributed by atoms with E-state index in [2.05, 4.69) is 36.3 Å². The Bertz CT molecular complexity index is 1640. The van der Waals surface area contributed by atoms with Crippen molar-refractivity contribution in [2.45, 2.75) is 45.6 Å². The number of nitrogens with one attached hydrogen (secondary N) is 2. The molecule has 0 aliphatic rings. The third-order valence-electron chi connectivity index (χ3n) is 7.48. The van der Waals surface area contributed by atoms with Crippen LogP contribution in [0.4, 0.5) is 0 Å². The van der Waals surface area contributed by atoms with Crippen molar-refractivity contribution >= 4 is 22.8 Å². The molecule has 0 saturated carbocycles. The van der Waals surface area contributed by atoms with Crippen LogP contribution in [0, 0.1) is 0 Å². The zero-order chi connectivity index (χ0) is 28.1. The maximum absolute atomic E-state index is 13.3. The number of benzene rings is 4. The van der Waals surface area contributed by atoms with E-state index >= 15 is 0 Å². The second-order valence-electron chi connectivity index (χ2n) is 10.2. The Morgan fingerprint density at radius 2 is 1.60 bits per heavy atom. The van der Waals surface area contributed by atoms with Gasteiger partial charge in [0.2, 0.25) is 0 Å². The smallest absolute Gasteiger partial charge is 0.336 e. The van der Waals surface area contributed by atoms with E-state index in [1.807, 2.05) is 72.8 Å². The second-order valence-corrected chi connectivity index (χ2v) is 10.2. The monoisotopic (exact) mass is 530 g/mol. The molecule has 5 rings (SSSR count). The number of hydrogen-bond acceptors (Lipinski definition) is 2. The van der Waals surface area contributed by atoms with Crippen LogP contribution in [-0.4, -0.2) is 22.0 Å². The normalized spacial score (nSPS) is 11.8. The third-order valence-corrected chi connectivity index (χ3v) is 7.48. The molecule has 3 N–H and O–H groups in total. The zero-order valence-electron chi connectivity index (χ0n) is 22.9. The van der Waals surface area contributed by atoms with E-state index in [0.717, 1.165) is 46.9 Å². The molecular formula is C35H34N2O3. The standard InChI is InChI=1S/C35H34N2O3/c1-3-10-32-29(21-23-15-17-24(18-16-23)27-13-8-9-14-28(27)35(39)40)30-22-26(19-20-33(30)36-32)34(38)37-31(4-2)25-11-6-5-7-12-25/h5-9,11-20,22,31,36H,3-4,10,21H2,1-2H3,(H,37,38)(H,39,40). The van der Waals surface area contributed by atoms with E-state index in [-0.39, 0.29) is 11.9 Å². The molecule has 0 radical (unpaired) electrons. The first-order valence-electron chi connectivity index (χ1n) is 13.9. The van der Waals surface area contributed by atoms with Gasteiger partial charge in [0, 0.05) is 22.2 Å². The van der Waals surface area contributed by atoms with E-state index in [4.69, 9.17) is 0 Å². The van der Waals surface area contributed by atoms with Crippen molar-refractivity contribution in [3.8, 4) is 11.1 Å². The molecule has 0 aliphatic carbocycles. The van der Waals surface area contributed by atoms with Gasteiger partial charge in [-0.05, 0) is 71.3 Å². The SMILES string of the molecule is CCCc1[nH]c2ccc(C(=O)NC(CC)c3ccccc3)cc2c1Cc1ccc(-c2ccccc2C(=O)O)cc1. The summed E-state index contributed by atoms with van der Waals surface area (Å²) in [6.45, 7) is 4.24. The van der Waals surface area contributed by atoms with E-state index in [1.54, 1.807) is 12.1 Å². The lowest BCUT2D eigenvalue weighted by atomic mass is 9.95. The van der Waals surface area contributed by atoms with Crippen LogP contribution in [0.5, 0.6) is 0 Å². The number of H-pyrrole nitrogens is 1. The van der Waals surface area contributed by atoms with Gasteiger partial charge in [0.05, 0.1) is 11.6 Å². The molecule has 1 unspecified atom stereocenters. The summed E-state index contributed by atoms with van der Waals surface area (Å²) in [5.41, 5.74) is 8.14. The largest absolute Gasteiger partial charge is 0.478 e. The first-order chi connectivity index (χ1) is 19.5. The highest BCUT2D eigenvalue weighted by Crippen LogP contribution is 2.30. The Hall–Kier alpha value is -4.64. The maximum Gasteiger partial charge on any atom is 0.336 e. The summed E-state index contributed by atoms with van der Waals surface area (Å²) < 4.78 is 0. The average molecular weight is 531 g/mol. The average Bonchev–Trinajstić information content (AvgIpc) is 3.32. The van der Waals surface area contributed by atoms with E-state index in [1.165, 1.54) is 11.3 Å². The van der Waals surface area contributed by atoms with Crippen molar-refractivity contribution in [2.24, 2.45) is 0 Å². The Labute approximate surface area is 234 Å². The molecule has 5 nitrogen and oxygen atoms in total. The molecule has 0 bridgehead atoms. The predicted molar refractivity (Wildman–Crippen MR) is 161 cm³/mol. The molecule has 5 aromatic rings. The van der Waals surface area contributed by atoms with Crippen molar-refractivity contribution in [1.82, 2.24) is 10.3 Å². The van der Waals surface area contributed by atoms with Crippen LogP contribution in [-0.2, 0) is 12.8 Å². The van der Waals surface area contributed by atoms with Gasteiger partial charge in [0.1, 0.15) is 0 Å². The van der Waals surface area contributed by atoms with Crippen LogP contribution in [0.15, 0.2) is 97.1 Å². The van der Waals surface area contributed by atoms with Gasteiger partial charge < -0.3 is 15.4 Å². The van der Waals surface area contributed by atoms with Crippen LogP contribution in [0.3, 0.4) is 0 Å². The lowest BCUT2D eigenvalue weighted by Gasteiger charge is -2.17. The van der Waals surface area contributed by atoms with Crippen LogP contribution in [0.25, 0.3) is 22.0 Å². The Morgan fingerprint density at radius 3 is 2.30 bits per heavy atom. The first kappa shape index (κ1) is 26.9. The number of aromatic nitrogens is 1. The fraction of sp³-hybridized carbons (Fsp3) is 0.200. The summed E-state index contributed by atoms with van der Waals surface area (Å²) in [6, 6.07) is 31.1. The van der Waals surface area contributed by atoms with Gasteiger partial charge in [0.25, 0.3) is 5.91 Å². The van der Waals surface area contributed by atoms with Crippen molar-refractivity contribution in [3.05, 3.63) is 131 Å². The molecule has 0 aliphatic heterocycles. The van der Waals surface area contributed by atoms with Gasteiger partial charge in [0.15, 0.2) is 0 Å². The summed E-state index contributed by atoms with van der Waals surface area (Å²) >= 11 is 0. The molecule has 40 heavy (non-hydrogen) atoms. The molecule has 0 spiro atoms.